The van der Waals surface area contributed by atoms with Gasteiger partial charge in [-0.2, -0.15) is 0 Å². The molecule has 2 N–H and O–H groups in total. The molecule has 0 aliphatic heterocycles. The molecule has 0 aliphatic carbocycles. The summed E-state index contributed by atoms with van der Waals surface area (Å²) in [7, 11) is -3.73. The van der Waals surface area contributed by atoms with E-state index >= 15 is 0 Å². The van der Waals surface area contributed by atoms with Crippen molar-refractivity contribution in [2.24, 2.45) is 0 Å². The molecule has 0 saturated heterocycles. The van der Waals surface area contributed by atoms with Gasteiger partial charge >= 0.3 is 0 Å². The van der Waals surface area contributed by atoms with Crippen molar-refractivity contribution in [1.82, 2.24) is 0 Å². The van der Waals surface area contributed by atoms with Gasteiger partial charge in [-0.3, -0.25) is 9.52 Å². The van der Waals surface area contributed by atoms with Gasteiger partial charge in [0.25, 0.3) is 15.9 Å². The molecule has 5 nitrogen and oxygen atoms in total. The molecule has 0 radical (unpaired) electrons. The molecule has 144 valence electrons. The van der Waals surface area contributed by atoms with Gasteiger partial charge in [0.15, 0.2) is 0 Å². The lowest BCUT2D eigenvalue weighted by molar-refractivity contribution is 0.102. The Labute approximate surface area is 169 Å². The molecule has 0 heterocycles. The summed E-state index contributed by atoms with van der Waals surface area (Å²) < 4.78 is 27.8. The van der Waals surface area contributed by atoms with Gasteiger partial charge in [-0.15, -0.1) is 0 Å². The zero-order valence-electron chi connectivity index (χ0n) is 15.4. The summed E-state index contributed by atoms with van der Waals surface area (Å²) in [4.78, 5) is 12.4. The van der Waals surface area contributed by atoms with E-state index in [1.165, 1.54) is 12.1 Å². The molecule has 0 aliphatic rings. The SMILES string of the molecule is Cc1cc(C)cc(NS(=O)(=O)c2ccc(NC(=O)c3cccc(Cl)c3)cc2)c1. The van der Waals surface area contributed by atoms with Crippen molar-refractivity contribution in [2.75, 3.05) is 10.0 Å². The molecule has 28 heavy (non-hydrogen) atoms. The first-order valence-corrected chi connectivity index (χ1v) is 10.4. The van der Waals surface area contributed by atoms with Crippen LogP contribution in [0.25, 0.3) is 0 Å². The van der Waals surface area contributed by atoms with E-state index < -0.39 is 10.0 Å². The molecular formula is C21H19ClN2O3S. The summed E-state index contributed by atoms with van der Waals surface area (Å²) in [6.45, 7) is 3.81. The van der Waals surface area contributed by atoms with Gasteiger partial charge < -0.3 is 5.32 Å². The van der Waals surface area contributed by atoms with E-state index in [4.69, 9.17) is 11.6 Å². The maximum Gasteiger partial charge on any atom is 0.261 e. The number of amides is 1. The molecule has 0 spiro atoms. The summed E-state index contributed by atoms with van der Waals surface area (Å²) in [6.07, 6.45) is 0. The molecule has 0 saturated carbocycles. The number of rotatable bonds is 5. The molecule has 0 atom stereocenters. The lowest BCUT2D eigenvalue weighted by atomic mass is 10.1. The number of carbonyl (C=O) groups excluding carboxylic acids is 1. The zero-order chi connectivity index (χ0) is 20.3. The van der Waals surface area contributed by atoms with E-state index in [1.54, 1.807) is 48.5 Å². The van der Waals surface area contributed by atoms with Gasteiger partial charge in [0, 0.05) is 22.0 Å². The summed E-state index contributed by atoms with van der Waals surface area (Å²) in [5.74, 6) is -0.327. The predicted molar refractivity (Wildman–Crippen MR) is 113 cm³/mol. The normalized spacial score (nSPS) is 11.1. The van der Waals surface area contributed by atoms with Crippen LogP contribution in [0.3, 0.4) is 0 Å². The average molecular weight is 415 g/mol. The highest BCUT2D eigenvalue weighted by atomic mass is 35.5. The first-order chi connectivity index (χ1) is 13.2. The maximum absolute atomic E-state index is 12.6. The number of aryl methyl sites for hydroxylation is 2. The molecule has 0 unspecified atom stereocenters. The minimum absolute atomic E-state index is 0.104. The standard InChI is InChI=1S/C21H19ClN2O3S/c1-14-10-15(2)12-19(11-14)24-28(26,27)20-8-6-18(7-9-20)23-21(25)16-4-3-5-17(22)13-16/h3-13,24H,1-2H3,(H,23,25). The van der Waals surface area contributed by atoms with Crippen molar-refractivity contribution >= 4 is 38.9 Å². The van der Waals surface area contributed by atoms with E-state index in [-0.39, 0.29) is 10.8 Å². The van der Waals surface area contributed by atoms with Gasteiger partial charge in [-0.05, 0) is 79.6 Å². The highest BCUT2D eigenvalue weighted by Crippen LogP contribution is 2.21. The van der Waals surface area contributed by atoms with Crippen LogP contribution in [0, 0.1) is 13.8 Å². The molecule has 0 bridgehead atoms. The molecule has 3 aromatic carbocycles. The highest BCUT2D eigenvalue weighted by molar-refractivity contribution is 7.92. The van der Waals surface area contributed by atoms with Crippen LogP contribution in [-0.4, -0.2) is 14.3 Å². The number of hydrogen-bond acceptors (Lipinski definition) is 3. The number of hydrogen-bond donors (Lipinski definition) is 2. The van der Waals surface area contributed by atoms with E-state index in [1.807, 2.05) is 19.9 Å². The van der Waals surface area contributed by atoms with Crippen LogP contribution in [0.2, 0.25) is 5.02 Å². The molecule has 7 heteroatoms. The molecule has 1 amide bonds. The molecule has 3 aromatic rings. The molecule has 0 fully saturated rings. The lowest BCUT2D eigenvalue weighted by Crippen LogP contribution is -2.14. The quantitative estimate of drug-likeness (QED) is 0.616. The summed E-state index contributed by atoms with van der Waals surface area (Å²) >= 11 is 5.90. The van der Waals surface area contributed by atoms with Crippen LogP contribution >= 0.6 is 11.6 Å². The fourth-order valence-electron chi connectivity index (χ4n) is 2.80. The van der Waals surface area contributed by atoms with Gasteiger partial charge in [-0.1, -0.05) is 23.7 Å². The monoisotopic (exact) mass is 414 g/mol. The third kappa shape index (κ3) is 4.91. The number of sulfonamides is 1. The minimum atomic E-state index is -3.73. The first-order valence-electron chi connectivity index (χ1n) is 8.51. The number of halogens is 1. The van der Waals surface area contributed by atoms with Crippen molar-refractivity contribution in [3.8, 4) is 0 Å². The second kappa shape index (κ2) is 8.04. The van der Waals surface area contributed by atoms with Crippen LogP contribution in [0.5, 0.6) is 0 Å². The largest absolute Gasteiger partial charge is 0.322 e. The van der Waals surface area contributed by atoms with Gasteiger partial charge in [0.2, 0.25) is 0 Å². The summed E-state index contributed by atoms with van der Waals surface area (Å²) in [6, 6.07) is 18.0. The Balaban J connectivity index is 1.75. The van der Waals surface area contributed by atoms with Crippen LogP contribution in [0.15, 0.2) is 71.6 Å². The molecule has 0 aromatic heterocycles. The van der Waals surface area contributed by atoms with Crippen molar-refractivity contribution in [1.29, 1.82) is 0 Å². The van der Waals surface area contributed by atoms with Crippen molar-refractivity contribution < 1.29 is 13.2 Å². The minimum Gasteiger partial charge on any atom is -0.322 e. The summed E-state index contributed by atoms with van der Waals surface area (Å²) in [5, 5.41) is 3.18. The van der Waals surface area contributed by atoms with Crippen LogP contribution in [0.4, 0.5) is 11.4 Å². The lowest BCUT2D eigenvalue weighted by Gasteiger charge is -2.11. The highest BCUT2D eigenvalue weighted by Gasteiger charge is 2.15. The van der Waals surface area contributed by atoms with Gasteiger partial charge in [-0.25, -0.2) is 8.42 Å². The third-order valence-corrected chi connectivity index (χ3v) is 5.62. The van der Waals surface area contributed by atoms with Crippen molar-refractivity contribution in [2.45, 2.75) is 18.7 Å². The number of benzene rings is 3. The van der Waals surface area contributed by atoms with Crippen molar-refractivity contribution in [3.63, 3.8) is 0 Å². The Bertz CT molecular complexity index is 1110. The Morgan fingerprint density at radius 3 is 2.11 bits per heavy atom. The summed E-state index contributed by atoms with van der Waals surface area (Å²) in [5.41, 5.74) is 3.35. The van der Waals surface area contributed by atoms with Crippen LogP contribution < -0.4 is 10.0 Å². The Morgan fingerprint density at radius 1 is 0.857 bits per heavy atom. The first kappa shape index (κ1) is 19.9. The number of carbonyl (C=O) groups is 1. The smallest absolute Gasteiger partial charge is 0.261 e. The number of anilines is 2. The maximum atomic E-state index is 12.6. The average Bonchev–Trinajstić information content (AvgIpc) is 2.61. The predicted octanol–water partition coefficient (Wildman–Crippen LogP) is 5.01. The second-order valence-corrected chi connectivity index (χ2v) is 8.59. The van der Waals surface area contributed by atoms with Gasteiger partial charge in [0.1, 0.15) is 0 Å². The Hall–Kier alpha value is -2.83. The topological polar surface area (TPSA) is 75.3 Å². The van der Waals surface area contributed by atoms with Crippen LogP contribution in [0.1, 0.15) is 21.5 Å². The second-order valence-electron chi connectivity index (χ2n) is 6.47. The Morgan fingerprint density at radius 2 is 1.50 bits per heavy atom. The van der Waals surface area contributed by atoms with E-state index in [0.717, 1.165) is 11.1 Å². The molecular weight excluding hydrogens is 396 g/mol. The van der Waals surface area contributed by atoms with Crippen molar-refractivity contribution in [3.05, 3.63) is 88.4 Å². The Kier molecular flexibility index (Phi) is 5.72. The fraction of sp³-hybridized carbons (Fsp3) is 0.0952. The number of nitrogens with one attached hydrogen (secondary N) is 2. The fourth-order valence-corrected chi connectivity index (χ4v) is 4.03. The molecule has 3 rings (SSSR count). The van der Waals surface area contributed by atoms with E-state index in [0.29, 0.717) is 22.0 Å². The zero-order valence-corrected chi connectivity index (χ0v) is 16.9. The third-order valence-electron chi connectivity index (χ3n) is 3.98. The van der Waals surface area contributed by atoms with Gasteiger partial charge in [0.05, 0.1) is 4.90 Å². The van der Waals surface area contributed by atoms with E-state index in [2.05, 4.69) is 10.0 Å². The van der Waals surface area contributed by atoms with Crippen LogP contribution in [-0.2, 0) is 10.0 Å². The van der Waals surface area contributed by atoms with E-state index in [9.17, 15) is 13.2 Å².